The summed E-state index contributed by atoms with van der Waals surface area (Å²) >= 11 is 4.61. The number of hydrogen-bond acceptors (Lipinski definition) is 29. The van der Waals surface area contributed by atoms with Gasteiger partial charge in [0.1, 0.15) is 41.9 Å². The predicted molar refractivity (Wildman–Crippen MR) is 435 cm³/mol. The van der Waals surface area contributed by atoms with Crippen molar-refractivity contribution in [3.8, 4) is 0 Å². The molecule has 0 radical (unpaired) electrons. The number of hydrogen-bond donors (Lipinski definition) is 0. The SMILES string of the molecule is CC.CC.CC.CC.CC.CC.CC.CC.CC.O=S1(=O)C=Nc2ccncc21.O=S1(=O)C=Nc2cnccc21.O=S1(=O)N=Cc2ccncc21.O=S1(=O)N=Cc2cnccc21.c1cc2cnsc2cn1.c1cc2ocnc2cn1.c1cc2oncc2cn1.c1cc2scnc2cn1.c1cc2sncc2cn1. The number of rotatable bonds is 0. The maximum Gasteiger partial charge on any atom is 0.284 e. The van der Waals surface area contributed by atoms with Crippen LogP contribution in [0.2, 0.25) is 0 Å². The molecular weight excluding hydrogens is 1500 g/mol. The van der Waals surface area contributed by atoms with Gasteiger partial charge < -0.3 is 8.94 Å². The van der Waals surface area contributed by atoms with E-state index in [4.69, 9.17) is 8.94 Å². The van der Waals surface area contributed by atoms with Gasteiger partial charge in [-0.25, -0.2) is 36.8 Å². The summed E-state index contributed by atoms with van der Waals surface area (Å²) in [6.45, 7) is 36.0. The summed E-state index contributed by atoms with van der Waals surface area (Å²) in [6.07, 6.45) is 38.3. The van der Waals surface area contributed by atoms with Crippen molar-refractivity contribution in [2.45, 2.75) is 144 Å². The lowest BCUT2D eigenvalue weighted by Crippen LogP contribution is -1.96. The van der Waals surface area contributed by atoms with Crippen LogP contribution in [-0.2, 0) is 39.7 Å². The maximum atomic E-state index is 11.1. The first-order valence-electron chi connectivity index (χ1n) is 33.8. The molecule has 0 fully saturated rings. The Hall–Kier alpha value is -10.6. The average Bonchev–Trinajstić information content (AvgIpc) is 1.68. The number of aliphatic imine (C=N–C) groups is 2. The van der Waals surface area contributed by atoms with Crippen molar-refractivity contribution in [3.05, 3.63) is 208 Å². The van der Waals surface area contributed by atoms with Crippen LogP contribution in [0.1, 0.15) is 136 Å². The molecule has 14 aromatic rings. The lowest BCUT2D eigenvalue weighted by atomic mass is 10.3. The molecule has 0 N–H and O–H groups in total. The molecular formula is C72H90N18O10S7. The molecule has 4 aliphatic heterocycles. The Morgan fingerprint density at radius 3 is 1.39 bits per heavy atom. The fourth-order valence-electron chi connectivity index (χ4n) is 7.14. The molecule has 0 aromatic carbocycles. The van der Waals surface area contributed by atoms with Crippen molar-refractivity contribution in [1.82, 2.24) is 68.7 Å². The van der Waals surface area contributed by atoms with E-state index in [0.29, 0.717) is 22.5 Å². The topological polar surface area (TPSA) is 393 Å². The van der Waals surface area contributed by atoms with Crippen molar-refractivity contribution in [3.63, 3.8) is 0 Å². The Morgan fingerprint density at radius 1 is 0.336 bits per heavy atom. The van der Waals surface area contributed by atoms with Gasteiger partial charge in [0, 0.05) is 139 Å². The van der Waals surface area contributed by atoms with Gasteiger partial charge in [0.05, 0.1) is 73.4 Å². The van der Waals surface area contributed by atoms with Gasteiger partial charge in [-0.1, -0.05) is 130 Å². The van der Waals surface area contributed by atoms with E-state index in [9.17, 15) is 33.7 Å². The number of pyridine rings is 9. The second-order valence-corrected chi connectivity index (χ2v) is 26.3. The van der Waals surface area contributed by atoms with Gasteiger partial charge in [-0.3, -0.25) is 44.9 Å². The molecule has 0 amide bonds. The zero-order valence-electron chi connectivity index (χ0n) is 62.8. The van der Waals surface area contributed by atoms with Gasteiger partial charge in [-0.2, -0.15) is 34.4 Å². The fourth-order valence-corrected chi connectivity index (χ4v) is 13.0. The van der Waals surface area contributed by atoms with Crippen LogP contribution in [0.3, 0.4) is 0 Å². The van der Waals surface area contributed by atoms with E-state index in [1.807, 2.05) is 173 Å². The molecule has 0 aliphatic carbocycles. The maximum absolute atomic E-state index is 11.1. The van der Waals surface area contributed by atoms with E-state index in [-0.39, 0.29) is 19.6 Å². The number of aromatic nitrogens is 14. The Bertz CT molecular complexity index is 4510. The zero-order chi connectivity index (χ0) is 80.1. The van der Waals surface area contributed by atoms with Crippen LogP contribution in [0, 0.1) is 0 Å². The van der Waals surface area contributed by atoms with Crippen molar-refractivity contribution in [2.24, 2.45) is 18.8 Å². The second-order valence-electron chi connectivity index (χ2n) is 17.1. The second kappa shape index (κ2) is 53.2. The Labute approximate surface area is 639 Å². The van der Waals surface area contributed by atoms with E-state index in [2.05, 4.69) is 87.5 Å². The molecule has 570 valence electrons. The summed E-state index contributed by atoms with van der Waals surface area (Å²) in [5.41, 5.74) is 9.14. The minimum atomic E-state index is -3.40. The number of thiazole rings is 1. The summed E-state index contributed by atoms with van der Waals surface area (Å²) in [5, 5.41) is 6.83. The Balaban J connectivity index is 0.000000586. The summed E-state index contributed by atoms with van der Waals surface area (Å²) < 4.78 is 116. The molecule has 14 aromatic heterocycles. The Morgan fingerprint density at radius 2 is 0.804 bits per heavy atom. The van der Waals surface area contributed by atoms with Crippen molar-refractivity contribution >= 4 is 161 Å². The van der Waals surface area contributed by atoms with Crippen LogP contribution in [-0.4, -0.2) is 126 Å². The molecule has 107 heavy (non-hydrogen) atoms. The highest BCUT2D eigenvalue weighted by atomic mass is 32.2. The molecule has 18 rings (SSSR count). The summed E-state index contributed by atoms with van der Waals surface area (Å²) in [6, 6.07) is 15.5. The van der Waals surface area contributed by atoms with Gasteiger partial charge in [-0.15, -0.1) is 11.3 Å². The standard InChI is InChI=1S/4C6H4N2O2S.2C6H4N2O.3C6H4N2S.9C2H6/c9-11(10)4-8-5-3-7-2-1-6(5)11;9-11(10)6-1-2-7-3-5(6)4-8-11;9-11(10)4-8-5-1-2-7-3-6(5)11;9-11(10)6-4-7-2-1-5(6)3-8-11;1-2-7-3-5-6(1)9-4-8-5;1-2-7-3-5-4-8-9-6(1)5;1-2-7-3-5-6(1)9-4-8-5;1-2-7-3-5-4-8-9-6(1)5;1-2-7-4-6-5(1)3-8-9-6;9*1-2/h4*1-4H;5*1-4H;9*1-2H3. The van der Waals surface area contributed by atoms with Crippen LogP contribution in [0.4, 0.5) is 11.4 Å². The van der Waals surface area contributed by atoms with Crippen LogP contribution in [0.15, 0.2) is 244 Å². The Kier molecular flexibility index (Phi) is 47.0. The number of sulfonamides is 2. The van der Waals surface area contributed by atoms with Crippen molar-refractivity contribution in [2.75, 3.05) is 0 Å². The summed E-state index contributed by atoms with van der Waals surface area (Å²) in [5.74, 6) is 0. The highest BCUT2D eigenvalue weighted by Crippen LogP contribution is 2.29. The van der Waals surface area contributed by atoms with Crippen LogP contribution >= 0.6 is 34.4 Å². The number of sulfone groups is 2. The number of nitrogens with zero attached hydrogens (tertiary/aromatic N) is 18. The normalized spacial score (nSPS) is 12.3. The van der Waals surface area contributed by atoms with Crippen LogP contribution in [0.25, 0.3) is 52.5 Å². The monoisotopic (exact) mass is 1590 g/mol. The van der Waals surface area contributed by atoms with E-state index < -0.39 is 39.7 Å². The first kappa shape index (κ1) is 94.5. The van der Waals surface area contributed by atoms with Gasteiger partial charge in [-0.05, 0) is 65.5 Å². The van der Waals surface area contributed by atoms with E-state index >= 15 is 0 Å². The highest BCUT2D eigenvalue weighted by Gasteiger charge is 2.24. The first-order chi connectivity index (χ1) is 52.1. The highest BCUT2D eigenvalue weighted by molar-refractivity contribution is 8.05. The summed E-state index contributed by atoms with van der Waals surface area (Å²) in [4.78, 5) is 50.7. The molecule has 0 unspecified atom stereocenters. The molecule has 18 heterocycles. The van der Waals surface area contributed by atoms with Gasteiger partial charge in [0.25, 0.3) is 20.0 Å². The molecule has 0 saturated heterocycles. The van der Waals surface area contributed by atoms with Gasteiger partial charge in [0.2, 0.25) is 19.7 Å². The fraction of sp³-hybridized carbons (Fsp3) is 0.250. The van der Waals surface area contributed by atoms with Gasteiger partial charge >= 0.3 is 0 Å². The zero-order valence-corrected chi connectivity index (χ0v) is 68.5. The lowest BCUT2D eigenvalue weighted by molar-refractivity contribution is 0.456. The third-order valence-corrected chi connectivity index (χ3v) is 19.0. The predicted octanol–water partition coefficient (Wildman–Crippen LogP) is 18.2. The smallest absolute Gasteiger partial charge is 0.284 e. The van der Waals surface area contributed by atoms with Crippen molar-refractivity contribution in [1.29, 1.82) is 0 Å². The minimum Gasteiger partial charge on any atom is -0.443 e. The first-order valence-corrected chi connectivity index (χ1v) is 42.2. The molecule has 28 nitrogen and oxygen atoms in total. The number of oxazole rings is 1. The van der Waals surface area contributed by atoms with Crippen LogP contribution in [0.5, 0.6) is 0 Å². The van der Waals surface area contributed by atoms with E-state index in [0.717, 1.165) is 48.8 Å². The van der Waals surface area contributed by atoms with Gasteiger partial charge in [0.15, 0.2) is 17.6 Å². The van der Waals surface area contributed by atoms with E-state index in [1.165, 1.54) is 118 Å². The van der Waals surface area contributed by atoms with E-state index in [1.54, 1.807) is 91.4 Å². The molecule has 0 saturated carbocycles. The third kappa shape index (κ3) is 30.1. The number of fused-ring (bicyclic) bond motifs is 9. The lowest BCUT2D eigenvalue weighted by Gasteiger charge is -1.91. The molecule has 0 atom stereocenters. The molecule has 0 spiro atoms. The largest absolute Gasteiger partial charge is 0.443 e. The molecule has 4 aliphatic rings. The molecule has 35 heteroatoms. The van der Waals surface area contributed by atoms with Crippen LogP contribution < -0.4 is 0 Å². The minimum absolute atomic E-state index is 0.194. The summed E-state index contributed by atoms with van der Waals surface area (Å²) in [7, 11) is -13.3. The molecule has 0 bridgehead atoms. The third-order valence-electron chi connectivity index (χ3n) is 11.4. The van der Waals surface area contributed by atoms with Crippen molar-refractivity contribution < 1.29 is 42.6 Å². The average molecular weight is 1590 g/mol. The quantitative estimate of drug-likeness (QED) is 0.136.